The van der Waals surface area contributed by atoms with E-state index in [1.165, 1.54) is 0 Å². The average molecular weight is 426 g/mol. The molecule has 4 heteroatoms. The molecule has 0 saturated carbocycles. The number of nitrogens with zero attached hydrogens (tertiary/aromatic N) is 1. The first-order valence-corrected chi connectivity index (χ1v) is 10.8. The van der Waals surface area contributed by atoms with Crippen molar-refractivity contribution < 1.29 is 14.3 Å². The fourth-order valence-corrected chi connectivity index (χ4v) is 3.63. The molecule has 0 N–H and O–H groups in total. The highest BCUT2D eigenvalue weighted by atomic mass is 16.5. The van der Waals surface area contributed by atoms with Gasteiger partial charge in [0.15, 0.2) is 11.8 Å². The number of benzene rings is 3. The van der Waals surface area contributed by atoms with Crippen LogP contribution in [0.5, 0.6) is 0 Å². The van der Waals surface area contributed by atoms with E-state index in [1.54, 1.807) is 0 Å². The van der Waals surface area contributed by atoms with Gasteiger partial charge in [-0.25, -0.2) is 0 Å². The highest BCUT2D eigenvalue weighted by Crippen LogP contribution is 2.23. The van der Waals surface area contributed by atoms with Crippen molar-refractivity contribution in [2.75, 3.05) is 13.2 Å². The van der Waals surface area contributed by atoms with Crippen molar-refractivity contribution in [3.8, 4) is 0 Å². The third-order valence-corrected chi connectivity index (χ3v) is 5.30. The molecule has 3 aromatic rings. The van der Waals surface area contributed by atoms with Crippen molar-refractivity contribution in [2.24, 2.45) is 0 Å². The quantitative estimate of drug-likeness (QED) is 0.323. The van der Waals surface area contributed by atoms with Crippen LogP contribution >= 0.6 is 0 Å². The van der Waals surface area contributed by atoms with Crippen LogP contribution in [-0.4, -0.2) is 29.9 Å². The lowest BCUT2D eigenvalue weighted by Crippen LogP contribution is -2.43. The first-order valence-electron chi connectivity index (χ1n) is 10.8. The van der Waals surface area contributed by atoms with Gasteiger partial charge >= 0.3 is 0 Å². The van der Waals surface area contributed by atoms with E-state index in [9.17, 15) is 4.79 Å². The fourth-order valence-electron chi connectivity index (χ4n) is 3.63. The highest BCUT2D eigenvalue weighted by Gasteiger charge is 2.31. The lowest BCUT2D eigenvalue weighted by molar-refractivity contribution is 0.0657. The molecule has 0 aliphatic carbocycles. The number of Topliss-reactive ketones (excluding diaryl/α,β-unsaturated/α-hetero) is 1. The molecule has 0 saturated heterocycles. The summed E-state index contributed by atoms with van der Waals surface area (Å²) in [6, 6.07) is 28.9. The monoisotopic (exact) mass is 425 g/mol. The third kappa shape index (κ3) is 5.74. The number of hydrogen-bond donors (Lipinski definition) is 0. The van der Waals surface area contributed by atoms with Crippen molar-refractivity contribution in [3.63, 3.8) is 0 Å². The number of ether oxygens (including phenoxy) is 2. The molecule has 1 aliphatic rings. The second kappa shape index (κ2) is 11.1. The summed E-state index contributed by atoms with van der Waals surface area (Å²) >= 11 is 0. The van der Waals surface area contributed by atoms with Gasteiger partial charge in [0, 0.05) is 18.3 Å². The standard InChI is InChI=1S/C28H27NO3/c30-28(25-15-8-3-9-16-25)27-26(32-22-24-13-6-2-7-14-24)17-10-18-29(27)19-20-31-21-23-11-4-1-5-12-23/h1-18,27H,19-22H2. The molecule has 4 rings (SSSR count). The molecule has 0 fully saturated rings. The average Bonchev–Trinajstić information content (AvgIpc) is 2.87. The molecular weight excluding hydrogens is 398 g/mol. The van der Waals surface area contributed by atoms with Crippen LogP contribution in [-0.2, 0) is 22.7 Å². The summed E-state index contributed by atoms with van der Waals surface area (Å²) in [4.78, 5) is 15.4. The normalized spacial score (nSPS) is 15.3. The van der Waals surface area contributed by atoms with Crippen LogP contribution in [0.3, 0.4) is 0 Å². The van der Waals surface area contributed by atoms with Crippen LogP contribution in [0.25, 0.3) is 0 Å². The zero-order valence-corrected chi connectivity index (χ0v) is 18.0. The summed E-state index contributed by atoms with van der Waals surface area (Å²) in [6.07, 6.45) is 5.74. The molecule has 0 aromatic heterocycles. The van der Waals surface area contributed by atoms with Gasteiger partial charge in [-0.2, -0.15) is 0 Å². The molecule has 0 spiro atoms. The first-order chi connectivity index (χ1) is 15.8. The predicted octanol–water partition coefficient (Wildman–Crippen LogP) is 5.38. The van der Waals surface area contributed by atoms with E-state index in [0.717, 1.165) is 11.1 Å². The van der Waals surface area contributed by atoms with Crippen molar-refractivity contribution >= 4 is 5.78 Å². The Kier molecular flexibility index (Phi) is 7.51. The van der Waals surface area contributed by atoms with Crippen LogP contribution in [0, 0.1) is 0 Å². The van der Waals surface area contributed by atoms with E-state index in [2.05, 4.69) is 0 Å². The Labute approximate surface area is 189 Å². The lowest BCUT2D eigenvalue weighted by Gasteiger charge is -2.33. The molecule has 1 aliphatic heterocycles. The van der Waals surface area contributed by atoms with Gasteiger partial charge in [-0.1, -0.05) is 91.0 Å². The van der Waals surface area contributed by atoms with Gasteiger partial charge in [-0.3, -0.25) is 4.79 Å². The molecule has 162 valence electrons. The minimum absolute atomic E-state index is 0.0114. The van der Waals surface area contributed by atoms with Crippen LogP contribution < -0.4 is 0 Å². The molecule has 4 nitrogen and oxygen atoms in total. The Bertz CT molecular complexity index is 1050. The topological polar surface area (TPSA) is 38.8 Å². The van der Waals surface area contributed by atoms with Crippen molar-refractivity contribution in [3.05, 3.63) is 132 Å². The smallest absolute Gasteiger partial charge is 0.193 e. The van der Waals surface area contributed by atoms with Gasteiger partial charge in [-0.15, -0.1) is 0 Å². The number of carbonyl (C=O) groups excluding carboxylic acids is 1. The minimum Gasteiger partial charge on any atom is -0.491 e. The van der Waals surface area contributed by atoms with Gasteiger partial charge in [0.1, 0.15) is 12.4 Å². The van der Waals surface area contributed by atoms with Crippen molar-refractivity contribution in [1.82, 2.24) is 4.90 Å². The number of ketones is 1. The summed E-state index contributed by atoms with van der Waals surface area (Å²) in [5.41, 5.74) is 2.86. The predicted molar refractivity (Wildman–Crippen MR) is 126 cm³/mol. The van der Waals surface area contributed by atoms with E-state index in [4.69, 9.17) is 9.47 Å². The number of carbonyl (C=O) groups is 1. The van der Waals surface area contributed by atoms with Gasteiger partial charge in [0.2, 0.25) is 0 Å². The molecule has 1 atom stereocenters. The van der Waals surface area contributed by atoms with Crippen LogP contribution in [0.4, 0.5) is 0 Å². The first kappa shape index (κ1) is 21.6. The molecular formula is C28H27NO3. The lowest BCUT2D eigenvalue weighted by atomic mass is 9.99. The maximum absolute atomic E-state index is 13.4. The Morgan fingerprint density at radius 2 is 1.38 bits per heavy atom. The Morgan fingerprint density at radius 3 is 2.03 bits per heavy atom. The van der Waals surface area contributed by atoms with E-state index < -0.39 is 6.04 Å². The second-order valence-electron chi connectivity index (χ2n) is 7.59. The largest absolute Gasteiger partial charge is 0.491 e. The SMILES string of the molecule is O=C(c1ccccc1)C1C(OCc2ccccc2)=CC=CN1CCOCc1ccccc1. The molecule has 0 amide bonds. The van der Waals surface area contributed by atoms with Gasteiger partial charge in [0.25, 0.3) is 0 Å². The van der Waals surface area contributed by atoms with Crippen LogP contribution in [0.2, 0.25) is 0 Å². The van der Waals surface area contributed by atoms with E-state index in [1.807, 2.05) is 114 Å². The second-order valence-corrected chi connectivity index (χ2v) is 7.59. The summed E-state index contributed by atoms with van der Waals surface area (Å²) in [5, 5.41) is 0. The molecule has 1 heterocycles. The number of allylic oxidation sites excluding steroid dienone is 2. The third-order valence-electron chi connectivity index (χ3n) is 5.30. The van der Waals surface area contributed by atoms with E-state index >= 15 is 0 Å². The van der Waals surface area contributed by atoms with Crippen LogP contribution in [0.15, 0.2) is 115 Å². The van der Waals surface area contributed by atoms with Gasteiger partial charge in [-0.05, 0) is 23.3 Å². The van der Waals surface area contributed by atoms with E-state index in [0.29, 0.717) is 37.7 Å². The van der Waals surface area contributed by atoms with Gasteiger partial charge in [0.05, 0.1) is 13.2 Å². The summed E-state index contributed by atoms with van der Waals surface area (Å²) in [7, 11) is 0. The zero-order chi connectivity index (χ0) is 22.0. The minimum atomic E-state index is -0.522. The molecule has 32 heavy (non-hydrogen) atoms. The molecule has 0 radical (unpaired) electrons. The summed E-state index contributed by atoms with van der Waals surface area (Å²) in [6.45, 7) is 2.04. The Hall–Kier alpha value is -3.63. The Balaban J connectivity index is 1.44. The van der Waals surface area contributed by atoms with Crippen molar-refractivity contribution in [2.45, 2.75) is 19.3 Å². The maximum atomic E-state index is 13.4. The van der Waals surface area contributed by atoms with Crippen LogP contribution in [0.1, 0.15) is 21.5 Å². The molecule has 1 unspecified atom stereocenters. The van der Waals surface area contributed by atoms with Crippen molar-refractivity contribution in [1.29, 1.82) is 0 Å². The Morgan fingerprint density at radius 1 is 0.781 bits per heavy atom. The summed E-state index contributed by atoms with van der Waals surface area (Å²) < 4.78 is 12.0. The zero-order valence-electron chi connectivity index (χ0n) is 18.0. The number of hydrogen-bond acceptors (Lipinski definition) is 4. The fraction of sp³-hybridized carbons (Fsp3) is 0.179. The summed E-state index contributed by atoms with van der Waals surface area (Å²) in [5.74, 6) is 0.658. The molecule has 3 aromatic carbocycles. The highest BCUT2D eigenvalue weighted by molar-refractivity contribution is 6.02. The number of rotatable bonds is 10. The van der Waals surface area contributed by atoms with E-state index in [-0.39, 0.29) is 5.78 Å². The molecule has 0 bridgehead atoms. The maximum Gasteiger partial charge on any atom is 0.193 e. The van der Waals surface area contributed by atoms with Gasteiger partial charge < -0.3 is 14.4 Å².